The number of aromatic nitrogens is 3. The van der Waals surface area contributed by atoms with Crippen LogP contribution in [0.5, 0.6) is 0 Å². The molecular formula is C13H16BrN3S. The van der Waals surface area contributed by atoms with Crippen molar-refractivity contribution in [2.75, 3.05) is 0 Å². The van der Waals surface area contributed by atoms with Crippen LogP contribution in [-0.2, 0) is 12.3 Å². The van der Waals surface area contributed by atoms with E-state index in [2.05, 4.69) is 61.9 Å². The number of aryl methyl sites for hydroxylation is 1. The fourth-order valence-electron chi connectivity index (χ4n) is 1.68. The van der Waals surface area contributed by atoms with Crippen molar-refractivity contribution in [3.05, 3.63) is 40.1 Å². The molecule has 1 aromatic heterocycles. The Labute approximate surface area is 120 Å². The number of rotatable bonds is 5. The lowest BCUT2D eigenvalue weighted by atomic mass is 10.2. The molecular weight excluding hydrogens is 310 g/mol. The molecule has 0 bridgehead atoms. The van der Waals surface area contributed by atoms with Gasteiger partial charge >= 0.3 is 0 Å². The minimum absolute atomic E-state index is 0.926. The van der Waals surface area contributed by atoms with Gasteiger partial charge in [-0.1, -0.05) is 46.7 Å². The van der Waals surface area contributed by atoms with Gasteiger partial charge < -0.3 is 4.57 Å². The summed E-state index contributed by atoms with van der Waals surface area (Å²) < 4.78 is 3.30. The zero-order valence-corrected chi connectivity index (χ0v) is 13.0. The standard InChI is InChI=1S/C13H16BrN3S/c1-3-8-17-10(2)15-16-13(17)18-9-11-4-6-12(14)7-5-11/h4-7H,3,8-9H2,1-2H3. The third-order valence-corrected chi connectivity index (χ3v) is 4.20. The maximum atomic E-state index is 4.23. The molecule has 96 valence electrons. The highest BCUT2D eigenvalue weighted by Gasteiger charge is 2.08. The van der Waals surface area contributed by atoms with E-state index in [1.165, 1.54) is 5.56 Å². The molecule has 0 aliphatic heterocycles. The number of nitrogens with zero attached hydrogens (tertiary/aromatic N) is 3. The van der Waals surface area contributed by atoms with Crippen LogP contribution >= 0.6 is 27.7 Å². The highest BCUT2D eigenvalue weighted by atomic mass is 79.9. The van der Waals surface area contributed by atoms with Gasteiger partial charge in [0.1, 0.15) is 5.82 Å². The van der Waals surface area contributed by atoms with Crippen molar-refractivity contribution in [2.24, 2.45) is 0 Å². The van der Waals surface area contributed by atoms with E-state index >= 15 is 0 Å². The minimum atomic E-state index is 0.926. The number of hydrogen-bond acceptors (Lipinski definition) is 3. The Balaban J connectivity index is 2.03. The van der Waals surface area contributed by atoms with Crippen molar-refractivity contribution in [1.82, 2.24) is 14.8 Å². The fourth-order valence-corrected chi connectivity index (χ4v) is 2.91. The van der Waals surface area contributed by atoms with Crippen LogP contribution < -0.4 is 0 Å². The Bertz CT molecular complexity index is 507. The second-order valence-corrected chi connectivity index (χ2v) is 5.95. The average molecular weight is 326 g/mol. The van der Waals surface area contributed by atoms with Gasteiger partial charge in [0.25, 0.3) is 0 Å². The molecule has 0 N–H and O–H groups in total. The van der Waals surface area contributed by atoms with Gasteiger partial charge in [-0.15, -0.1) is 10.2 Å². The topological polar surface area (TPSA) is 30.7 Å². The number of hydrogen-bond donors (Lipinski definition) is 0. The van der Waals surface area contributed by atoms with Crippen LogP contribution in [0, 0.1) is 6.92 Å². The Morgan fingerprint density at radius 1 is 1.22 bits per heavy atom. The summed E-state index contributed by atoms with van der Waals surface area (Å²) in [6.45, 7) is 5.16. The van der Waals surface area contributed by atoms with Gasteiger partial charge in [-0.3, -0.25) is 0 Å². The van der Waals surface area contributed by atoms with Crippen molar-refractivity contribution >= 4 is 27.7 Å². The highest BCUT2D eigenvalue weighted by Crippen LogP contribution is 2.23. The Morgan fingerprint density at radius 3 is 2.61 bits per heavy atom. The second-order valence-electron chi connectivity index (χ2n) is 4.10. The molecule has 18 heavy (non-hydrogen) atoms. The molecule has 0 unspecified atom stereocenters. The van der Waals surface area contributed by atoms with Crippen LogP contribution in [0.1, 0.15) is 24.7 Å². The predicted octanol–water partition coefficient (Wildman–Crippen LogP) is 4.05. The Hall–Kier alpha value is -0.810. The van der Waals surface area contributed by atoms with Crippen molar-refractivity contribution in [1.29, 1.82) is 0 Å². The van der Waals surface area contributed by atoms with E-state index in [0.29, 0.717) is 0 Å². The molecule has 0 atom stereocenters. The van der Waals surface area contributed by atoms with Gasteiger partial charge in [0.05, 0.1) is 0 Å². The predicted molar refractivity (Wildman–Crippen MR) is 78.8 cm³/mol. The van der Waals surface area contributed by atoms with Crippen LogP contribution in [0.25, 0.3) is 0 Å². The number of benzene rings is 1. The Morgan fingerprint density at radius 2 is 1.94 bits per heavy atom. The molecule has 0 aliphatic carbocycles. The van der Waals surface area contributed by atoms with Gasteiger partial charge in [0, 0.05) is 16.8 Å². The quantitative estimate of drug-likeness (QED) is 0.777. The summed E-state index contributed by atoms with van der Waals surface area (Å²) >= 11 is 5.18. The fraction of sp³-hybridized carbons (Fsp3) is 0.385. The van der Waals surface area contributed by atoms with Crippen molar-refractivity contribution in [3.8, 4) is 0 Å². The van der Waals surface area contributed by atoms with E-state index < -0.39 is 0 Å². The van der Waals surface area contributed by atoms with Gasteiger partial charge in [-0.05, 0) is 31.0 Å². The summed E-state index contributed by atoms with van der Waals surface area (Å²) in [5.41, 5.74) is 1.30. The molecule has 0 radical (unpaired) electrons. The largest absolute Gasteiger partial charge is 0.306 e. The normalized spacial score (nSPS) is 10.8. The van der Waals surface area contributed by atoms with Gasteiger partial charge in [0.2, 0.25) is 0 Å². The van der Waals surface area contributed by atoms with Gasteiger partial charge in [-0.2, -0.15) is 0 Å². The summed E-state index contributed by atoms with van der Waals surface area (Å²) in [7, 11) is 0. The second kappa shape index (κ2) is 6.38. The molecule has 0 fully saturated rings. The van der Waals surface area contributed by atoms with E-state index in [-0.39, 0.29) is 0 Å². The number of thioether (sulfide) groups is 1. The molecule has 0 spiro atoms. The summed E-state index contributed by atoms with van der Waals surface area (Å²) in [5, 5.41) is 9.39. The third-order valence-electron chi connectivity index (χ3n) is 2.63. The van der Waals surface area contributed by atoms with E-state index in [9.17, 15) is 0 Å². The monoisotopic (exact) mass is 325 g/mol. The van der Waals surface area contributed by atoms with Gasteiger partial charge in [0.15, 0.2) is 5.16 Å². The van der Waals surface area contributed by atoms with Crippen LogP contribution in [0.2, 0.25) is 0 Å². The minimum Gasteiger partial charge on any atom is -0.306 e. The Kier molecular flexibility index (Phi) is 4.83. The summed E-state index contributed by atoms with van der Waals surface area (Å²) in [6, 6.07) is 8.39. The lowest BCUT2D eigenvalue weighted by Crippen LogP contribution is -2.01. The zero-order valence-electron chi connectivity index (χ0n) is 10.6. The van der Waals surface area contributed by atoms with E-state index in [0.717, 1.165) is 34.2 Å². The maximum Gasteiger partial charge on any atom is 0.191 e. The first-order valence-electron chi connectivity index (χ1n) is 5.97. The number of halogens is 1. The van der Waals surface area contributed by atoms with Crippen LogP contribution in [0.4, 0.5) is 0 Å². The molecule has 2 rings (SSSR count). The SMILES string of the molecule is CCCn1c(C)nnc1SCc1ccc(Br)cc1. The first-order valence-corrected chi connectivity index (χ1v) is 7.75. The van der Waals surface area contributed by atoms with E-state index in [1.807, 2.05) is 6.92 Å². The molecule has 1 heterocycles. The average Bonchev–Trinajstić information content (AvgIpc) is 2.71. The highest BCUT2D eigenvalue weighted by molar-refractivity contribution is 9.10. The van der Waals surface area contributed by atoms with E-state index in [1.54, 1.807) is 11.8 Å². The van der Waals surface area contributed by atoms with Crippen molar-refractivity contribution in [2.45, 2.75) is 37.7 Å². The molecule has 0 saturated heterocycles. The lowest BCUT2D eigenvalue weighted by molar-refractivity contribution is 0.605. The molecule has 3 nitrogen and oxygen atoms in total. The molecule has 0 saturated carbocycles. The van der Waals surface area contributed by atoms with Crippen LogP contribution in [0.3, 0.4) is 0 Å². The van der Waals surface area contributed by atoms with Crippen LogP contribution in [-0.4, -0.2) is 14.8 Å². The van der Waals surface area contributed by atoms with Crippen molar-refractivity contribution in [3.63, 3.8) is 0 Å². The molecule has 5 heteroatoms. The third kappa shape index (κ3) is 3.36. The first kappa shape index (κ1) is 13.6. The van der Waals surface area contributed by atoms with Crippen LogP contribution in [0.15, 0.2) is 33.9 Å². The molecule has 0 amide bonds. The maximum absolute atomic E-state index is 4.23. The lowest BCUT2D eigenvalue weighted by Gasteiger charge is -2.06. The summed E-state index contributed by atoms with van der Waals surface area (Å²) in [4.78, 5) is 0. The molecule has 2 aromatic rings. The zero-order chi connectivity index (χ0) is 13.0. The molecule has 1 aromatic carbocycles. The summed E-state index contributed by atoms with van der Waals surface area (Å²) in [5.74, 6) is 1.92. The van der Waals surface area contributed by atoms with Crippen molar-refractivity contribution < 1.29 is 0 Å². The molecule has 0 aliphatic rings. The summed E-state index contributed by atoms with van der Waals surface area (Å²) in [6.07, 6.45) is 1.10. The smallest absolute Gasteiger partial charge is 0.191 e. The van der Waals surface area contributed by atoms with E-state index in [4.69, 9.17) is 0 Å². The van der Waals surface area contributed by atoms with Gasteiger partial charge in [-0.25, -0.2) is 0 Å². The first-order chi connectivity index (χ1) is 8.70.